The minimum absolute atomic E-state index is 0.104. The molecule has 2 rings (SSSR count). The summed E-state index contributed by atoms with van der Waals surface area (Å²) in [7, 11) is 0. The van der Waals surface area contributed by atoms with Gasteiger partial charge in [-0.3, -0.25) is 9.59 Å². The number of hydrogen-bond acceptors (Lipinski definition) is 2. The van der Waals surface area contributed by atoms with Gasteiger partial charge in [-0.2, -0.15) is 13.2 Å². The zero-order valence-corrected chi connectivity index (χ0v) is 13.6. The first-order chi connectivity index (χ1) is 11.8. The van der Waals surface area contributed by atoms with Crippen molar-refractivity contribution in [3.8, 4) is 0 Å². The molecule has 0 saturated carbocycles. The summed E-state index contributed by atoms with van der Waals surface area (Å²) in [6.07, 6.45) is -4.04. The molecule has 2 amide bonds. The van der Waals surface area contributed by atoms with Crippen LogP contribution in [0.5, 0.6) is 0 Å². The standard InChI is InChI=1S/C17H14ClF3N2O2/c18-13-6-4-11(5-7-13)8-9-22-15(24)16(25)23-14-3-1-2-12(10-14)17(19,20)21/h1-7,10H,8-9H2,(H,22,24)(H,23,25). The molecular weight excluding hydrogens is 357 g/mol. The van der Waals surface area contributed by atoms with Gasteiger partial charge in [-0.05, 0) is 42.3 Å². The SMILES string of the molecule is O=C(NCCc1ccc(Cl)cc1)C(=O)Nc1cccc(C(F)(F)F)c1. The number of halogens is 4. The van der Waals surface area contributed by atoms with Crippen LogP contribution in [0.25, 0.3) is 0 Å². The number of anilines is 1. The summed E-state index contributed by atoms with van der Waals surface area (Å²) in [6.45, 7) is 0.205. The molecular formula is C17H14ClF3N2O2. The van der Waals surface area contributed by atoms with Gasteiger partial charge >= 0.3 is 18.0 Å². The Labute approximate surface area is 147 Å². The molecule has 2 aromatic rings. The second kappa shape index (κ2) is 8.02. The number of rotatable bonds is 4. The quantitative estimate of drug-likeness (QED) is 0.807. The molecule has 0 heterocycles. The van der Waals surface area contributed by atoms with E-state index in [2.05, 4.69) is 10.6 Å². The van der Waals surface area contributed by atoms with Gasteiger partial charge in [0.15, 0.2) is 0 Å². The molecule has 0 aliphatic carbocycles. The Morgan fingerprint density at radius 1 is 1.00 bits per heavy atom. The van der Waals surface area contributed by atoms with Crippen LogP contribution in [0.2, 0.25) is 5.02 Å². The molecule has 4 nitrogen and oxygen atoms in total. The van der Waals surface area contributed by atoms with E-state index in [1.54, 1.807) is 24.3 Å². The molecule has 0 aliphatic heterocycles. The minimum Gasteiger partial charge on any atom is -0.347 e. The molecule has 132 valence electrons. The monoisotopic (exact) mass is 370 g/mol. The van der Waals surface area contributed by atoms with E-state index in [1.165, 1.54) is 6.07 Å². The Kier molecular flexibility index (Phi) is 6.03. The average molecular weight is 371 g/mol. The van der Waals surface area contributed by atoms with Crippen molar-refractivity contribution in [3.05, 3.63) is 64.7 Å². The number of hydrogen-bond donors (Lipinski definition) is 2. The van der Waals surface area contributed by atoms with Gasteiger partial charge in [0, 0.05) is 17.3 Å². The molecule has 0 aromatic heterocycles. The van der Waals surface area contributed by atoms with Crippen LogP contribution in [0.15, 0.2) is 48.5 Å². The fourth-order valence-electron chi connectivity index (χ4n) is 2.01. The summed E-state index contributed by atoms with van der Waals surface area (Å²) >= 11 is 5.76. The Morgan fingerprint density at radius 3 is 2.32 bits per heavy atom. The average Bonchev–Trinajstić information content (AvgIpc) is 2.56. The molecule has 0 unspecified atom stereocenters. The highest BCUT2D eigenvalue weighted by Gasteiger charge is 2.30. The molecule has 25 heavy (non-hydrogen) atoms. The Morgan fingerprint density at radius 2 is 1.68 bits per heavy atom. The first-order valence-electron chi connectivity index (χ1n) is 7.26. The maximum atomic E-state index is 12.6. The van der Waals surface area contributed by atoms with Gasteiger partial charge in [0.05, 0.1) is 5.56 Å². The molecule has 0 fully saturated rings. The fraction of sp³-hybridized carbons (Fsp3) is 0.176. The third-order valence-corrected chi connectivity index (χ3v) is 3.52. The van der Waals surface area contributed by atoms with Gasteiger partial charge in [0.2, 0.25) is 0 Å². The third kappa shape index (κ3) is 5.79. The van der Waals surface area contributed by atoms with Crippen LogP contribution in [0, 0.1) is 0 Å². The van der Waals surface area contributed by atoms with E-state index in [0.717, 1.165) is 23.8 Å². The molecule has 2 N–H and O–H groups in total. The molecule has 0 bridgehead atoms. The number of nitrogens with one attached hydrogen (secondary N) is 2. The van der Waals surface area contributed by atoms with Gasteiger partial charge < -0.3 is 10.6 Å². The van der Waals surface area contributed by atoms with Crippen LogP contribution in [0.3, 0.4) is 0 Å². The predicted octanol–water partition coefficient (Wildman–Crippen LogP) is 3.66. The lowest BCUT2D eigenvalue weighted by molar-refractivity contribution is -0.137. The summed E-state index contributed by atoms with van der Waals surface area (Å²) in [5, 5.41) is 5.14. The molecule has 0 saturated heterocycles. The van der Waals surface area contributed by atoms with E-state index in [4.69, 9.17) is 11.6 Å². The second-order valence-electron chi connectivity index (χ2n) is 5.17. The van der Waals surface area contributed by atoms with Crippen LogP contribution in [-0.2, 0) is 22.2 Å². The highest BCUT2D eigenvalue weighted by atomic mass is 35.5. The summed E-state index contributed by atoms with van der Waals surface area (Å²) in [4.78, 5) is 23.4. The zero-order valence-electron chi connectivity index (χ0n) is 12.9. The van der Waals surface area contributed by atoms with Crippen molar-refractivity contribution in [3.63, 3.8) is 0 Å². The summed E-state index contributed by atoms with van der Waals surface area (Å²) in [5.74, 6) is -1.96. The first kappa shape index (κ1) is 18.8. The van der Waals surface area contributed by atoms with Crippen LogP contribution < -0.4 is 10.6 Å². The van der Waals surface area contributed by atoms with Crippen LogP contribution >= 0.6 is 11.6 Å². The highest BCUT2D eigenvalue weighted by molar-refractivity contribution is 6.39. The Balaban J connectivity index is 1.86. The molecule has 0 aliphatic rings. The van der Waals surface area contributed by atoms with Crippen molar-refractivity contribution in [1.29, 1.82) is 0 Å². The number of carbonyl (C=O) groups is 2. The Hall–Kier alpha value is -2.54. The molecule has 8 heteroatoms. The Bertz CT molecular complexity index is 761. The smallest absolute Gasteiger partial charge is 0.347 e. The topological polar surface area (TPSA) is 58.2 Å². The summed E-state index contributed by atoms with van der Waals surface area (Å²) in [6, 6.07) is 11.1. The summed E-state index contributed by atoms with van der Waals surface area (Å²) in [5.41, 5.74) is -0.0934. The lowest BCUT2D eigenvalue weighted by atomic mass is 10.1. The van der Waals surface area contributed by atoms with Crippen molar-refractivity contribution in [2.24, 2.45) is 0 Å². The van der Waals surface area contributed by atoms with Crippen LogP contribution in [-0.4, -0.2) is 18.4 Å². The van der Waals surface area contributed by atoms with Gasteiger partial charge in [-0.15, -0.1) is 0 Å². The first-order valence-corrected chi connectivity index (χ1v) is 7.64. The highest BCUT2D eigenvalue weighted by Crippen LogP contribution is 2.30. The van der Waals surface area contributed by atoms with Gasteiger partial charge in [0.1, 0.15) is 0 Å². The van der Waals surface area contributed by atoms with Crippen molar-refractivity contribution in [1.82, 2.24) is 5.32 Å². The van der Waals surface area contributed by atoms with Gasteiger partial charge in [-0.1, -0.05) is 29.8 Å². The number of carbonyl (C=O) groups excluding carboxylic acids is 2. The predicted molar refractivity (Wildman–Crippen MR) is 88.2 cm³/mol. The van der Waals surface area contributed by atoms with Crippen molar-refractivity contribution >= 4 is 29.1 Å². The van der Waals surface area contributed by atoms with Crippen LogP contribution in [0.1, 0.15) is 11.1 Å². The zero-order chi connectivity index (χ0) is 18.4. The molecule has 0 radical (unpaired) electrons. The lowest BCUT2D eigenvalue weighted by Crippen LogP contribution is -2.36. The molecule has 0 atom stereocenters. The number of benzene rings is 2. The molecule has 2 aromatic carbocycles. The van der Waals surface area contributed by atoms with Gasteiger partial charge in [-0.25, -0.2) is 0 Å². The summed E-state index contributed by atoms with van der Waals surface area (Å²) < 4.78 is 37.8. The third-order valence-electron chi connectivity index (χ3n) is 3.27. The van der Waals surface area contributed by atoms with Crippen molar-refractivity contribution in [2.75, 3.05) is 11.9 Å². The maximum absolute atomic E-state index is 12.6. The van der Waals surface area contributed by atoms with Gasteiger partial charge in [0.25, 0.3) is 0 Å². The minimum atomic E-state index is -4.53. The van der Waals surface area contributed by atoms with E-state index >= 15 is 0 Å². The van der Waals surface area contributed by atoms with Crippen LogP contribution in [0.4, 0.5) is 18.9 Å². The van der Waals surface area contributed by atoms with E-state index in [-0.39, 0.29) is 12.2 Å². The number of alkyl halides is 3. The lowest BCUT2D eigenvalue weighted by Gasteiger charge is -2.10. The van der Waals surface area contributed by atoms with E-state index in [1.807, 2.05) is 0 Å². The van der Waals surface area contributed by atoms with Crippen molar-refractivity contribution < 1.29 is 22.8 Å². The normalized spacial score (nSPS) is 11.0. The number of amides is 2. The molecule has 0 spiro atoms. The second-order valence-corrected chi connectivity index (χ2v) is 5.60. The van der Waals surface area contributed by atoms with Crippen molar-refractivity contribution in [2.45, 2.75) is 12.6 Å². The van der Waals surface area contributed by atoms with E-state index < -0.39 is 23.6 Å². The maximum Gasteiger partial charge on any atom is 0.416 e. The van der Waals surface area contributed by atoms with E-state index in [9.17, 15) is 22.8 Å². The van der Waals surface area contributed by atoms with E-state index in [0.29, 0.717) is 11.4 Å². The fourth-order valence-corrected chi connectivity index (χ4v) is 2.14. The largest absolute Gasteiger partial charge is 0.416 e.